The van der Waals surface area contributed by atoms with Crippen molar-refractivity contribution in [3.63, 3.8) is 0 Å². The average Bonchev–Trinajstić information content (AvgIpc) is 2.18. The van der Waals surface area contributed by atoms with E-state index in [-0.39, 0.29) is 6.61 Å². The Bertz CT molecular complexity index is 287. The molecule has 0 heterocycles. The van der Waals surface area contributed by atoms with Gasteiger partial charge in [0, 0.05) is 11.6 Å². The lowest BCUT2D eigenvalue weighted by Crippen LogP contribution is -1.99. The van der Waals surface area contributed by atoms with E-state index in [0.29, 0.717) is 11.6 Å². The third-order valence-corrected chi connectivity index (χ3v) is 2.20. The van der Waals surface area contributed by atoms with E-state index in [1.54, 1.807) is 0 Å². The fraction of sp³-hybridized carbons (Fsp3) is 0.455. The predicted octanol–water partition coefficient (Wildman–Crippen LogP) is 2.80. The highest BCUT2D eigenvalue weighted by Crippen LogP contribution is 2.22. The van der Waals surface area contributed by atoms with Gasteiger partial charge >= 0.3 is 0 Å². The molecule has 0 saturated heterocycles. The molecule has 0 aliphatic carbocycles. The summed E-state index contributed by atoms with van der Waals surface area (Å²) in [6.07, 6.45) is 1.64. The molecule has 0 bridgehead atoms. The van der Waals surface area contributed by atoms with Crippen molar-refractivity contribution >= 4 is 11.6 Å². The Morgan fingerprint density at radius 2 is 2.14 bits per heavy atom. The number of unbranched alkanes of at least 4 members (excludes halogenated alkanes) is 1. The minimum Gasteiger partial charge on any atom is -0.493 e. The zero-order chi connectivity index (χ0) is 10.4. The number of benzene rings is 1. The zero-order valence-electron chi connectivity index (χ0n) is 8.29. The topological polar surface area (TPSA) is 29.5 Å². The van der Waals surface area contributed by atoms with E-state index in [9.17, 15) is 0 Å². The number of hydrogen-bond donors (Lipinski definition) is 1. The molecule has 0 unspecified atom stereocenters. The first-order chi connectivity index (χ1) is 6.74. The van der Waals surface area contributed by atoms with Gasteiger partial charge in [-0.05, 0) is 37.5 Å². The van der Waals surface area contributed by atoms with Crippen molar-refractivity contribution in [2.45, 2.75) is 19.8 Å². The van der Waals surface area contributed by atoms with E-state index < -0.39 is 0 Å². The van der Waals surface area contributed by atoms with E-state index in [4.69, 9.17) is 21.4 Å². The molecular weight excluding hydrogens is 200 g/mol. The smallest absolute Gasteiger partial charge is 0.123 e. The van der Waals surface area contributed by atoms with Crippen LogP contribution >= 0.6 is 11.6 Å². The van der Waals surface area contributed by atoms with Crippen LogP contribution in [0, 0.1) is 6.92 Å². The van der Waals surface area contributed by atoms with Gasteiger partial charge in [0.15, 0.2) is 0 Å². The Balaban J connectivity index is 2.45. The maximum atomic E-state index is 8.59. The Hall–Kier alpha value is -0.730. The number of rotatable bonds is 5. The number of aryl methyl sites for hydroxylation is 1. The Morgan fingerprint density at radius 1 is 1.36 bits per heavy atom. The number of ether oxygens (including phenoxy) is 1. The van der Waals surface area contributed by atoms with Crippen molar-refractivity contribution in [2.75, 3.05) is 13.2 Å². The lowest BCUT2D eigenvalue weighted by Gasteiger charge is -2.08. The van der Waals surface area contributed by atoms with E-state index in [2.05, 4.69) is 0 Å². The first-order valence-electron chi connectivity index (χ1n) is 4.74. The molecule has 0 radical (unpaired) electrons. The largest absolute Gasteiger partial charge is 0.493 e. The molecule has 78 valence electrons. The van der Waals surface area contributed by atoms with Crippen LogP contribution in [0.25, 0.3) is 0 Å². The maximum absolute atomic E-state index is 8.59. The first kappa shape index (κ1) is 11.3. The van der Waals surface area contributed by atoms with Gasteiger partial charge in [-0.3, -0.25) is 0 Å². The number of halogens is 1. The second-order valence-corrected chi connectivity index (χ2v) is 3.63. The highest BCUT2D eigenvalue weighted by molar-refractivity contribution is 6.30. The molecule has 0 aliphatic rings. The van der Waals surface area contributed by atoms with Crippen molar-refractivity contribution < 1.29 is 9.84 Å². The van der Waals surface area contributed by atoms with E-state index in [0.717, 1.165) is 24.2 Å². The molecule has 1 aromatic carbocycles. The summed E-state index contributed by atoms with van der Waals surface area (Å²) in [5, 5.41) is 9.27. The van der Waals surface area contributed by atoms with Crippen molar-refractivity contribution in [3.8, 4) is 5.75 Å². The minimum absolute atomic E-state index is 0.220. The number of aliphatic hydroxyl groups excluding tert-OH is 1. The van der Waals surface area contributed by atoms with Gasteiger partial charge in [-0.15, -0.1) is 0 Å². The minimum atomic E-state index is 0.220. The van der Waals surface area contributed by atoms with E-state index in [1.165, 1.54) is 0 Å². The summed E-state index contributed by atoms with van der Waals surface area (Å²) in [6.45, 7) is 2.83. The van der Waals surface area contributed by atoms with Crippen LogP contribution in [0.2, 0.25) is 5.02 Å². The van der Waals surface area contributed by atoms with Crippen LogP contribution < -0.4 is 4.74 Å². The van der Waals surface area contributed by atoms with Gasteiger partial charge in [0.25, 0.3) is 0 Å². The molecule has 1 aromatic rings. The van der Waals surface area contributed by atoms with Crippen molar-refractivity contribution in [1.82, 2.24) is 0 Å². The molecule has 1 rings (SSSR count). The zero-order valence-corrected chi connectivity index (χ0v) is 9.05. The second kappa shape index (κ2) is 5.89. The summed E-state index contributed by atoms with van der Waals surface area (Å²) >= 11 is 5.84. The first-order valence-corrected chi connectivity index (χ1v) is 5.11. The molecule has 0 aliphatic heterocycles. The van der Waals surface area contributed by atoms with Gasteiger partial charge in [0.1, 0.15) is 5.75 Å². The van der Waals surface area contributed by atoms with E-state index >= 15 is 0 Å². The molecule has 0 aromatic heterocycles. The van der Waals surface area contributed by atoms with Crippen LogP contribution in [0.3, 0.4) is 0 Å². The van der Waals surface area contributed by atoms with Crippen LogP contribution in [0.4, 0.5) is 0 Å². The molecule has 0 atom stereocenters. The molecule has 0 saturated carbocycles. The van der Waals surface area contributed by atoms with Crippen LogP contribution in [-0.2, 0) is 0 Å². The summed E-state index contributed by atoms with van der Waals surface area (Å²) in [6, 6.07) is 5.59. The van der Waals surface area contributed by atoms with Crippen molar-refractivity contribution in [2.24, 2.45) is 0 Å². The average molecular weight is 215 g/mol. The fourth-order valence-electron chi connectivity index (χ4n) is 1.13. The van der Waals surface area contributed by atoms with Crippen LogP contribution in [-0.4, -0.2) is 18.3 Å². The highest BCUT2D eigenvalue weighted by atomic mass is 35.5. The molecule has 14 heavy (non-hydrogen) atoms. The SMILES string of the molecule is Cc1ccc(Cl)cc1OCCCCO. The lowest BCUT2D eigenvalue weighted by molar-refractivity contribution is 0.252. The van der Waals surface area contributed by atoms with Crippen molar-refractivity contribution in [1.29, 1.82) is 0 Å². The molecule has 0 spiro atoms. The van der Waals surface area contributed by atoms with Crippen LogP contribution in [0.5, 0.6) is 5.75 Å². The van der Waals surface area contributed by atoms with Crippen LogP contribution in [0.15, 0.2) is 18.2 Å². The van der Waals surface area contributed by atoms with Gasteiger partial charge < -0.3 is 9.84 Å². The van der Waals surface area contributed by atoms with Gasteiger partial charge in [0.05, 0.1) is 6.61 Å². The lowest BCUT2D eigenvalue weighted by atomic mass is 10.2. The van der Waals surface area contributed by atoms with Gasteiger partial charge in [-0.25, -0.2) is 0 Å². The molecule has 2 nitrogen and oxygen atoms in total. The third kappa shape index (κ3) is 3.56. The molecular formula is C11H15ClO2. The molecule has 0 amide bonds. The maximum Gasteiger partial charge on any atom is 0.123 e. The summed E-state index contributed by atoms with van der Waals surface area (Å²) in [7, 11) is 0. The van der Waals surface area contributed by atoms with Gasteiger partial charge in [0.2, 0.25) is 0 Å². The Labute approximate surface area is 89.5 Å². The van der Waals surface area contributed by atoms with E-state index in [1.807, 2.05) is 25.1 Å². The van der Waals surface area contributed by atoms with Crippen LogP contribution in [0.1, 0.15) is 18.4 Å². The predicted molar refractivity (Wildman–Crippen MR) is 58.0 cm³/mol. The summed E-state index contributed by atoms with van der Waals surface area (Å²) in [5.41, 5.74) is 1.08. The monoisotopic (exact) mass is 214 g/mol. The fourth-order valence-corrected chi connectivity index (χ4v) is 1.29. The number of hydrogen-bond acceptors (Lipinski definition) is 2. The summed E-state index contributed by atoms with van der Waals surface area (Å²) in [4.78, 5) is 0. The summed E-state index contributed by atoms with van der Waals surface area (Å²) in [5.74, 6) is 0.829. The quantitative estimate of drug-likeness (QED) is 0.764. The molecule has 3 heteroatoms. The summed E-state index contributed by atoms with van der Waals surface area (Å²) < 4.78 is 5.52. The highest BCUT2D eigenvalue weighted by Gasteiger charge is 1.99. The van der Waals surface area contributed by atoms with Gasteiger partial charge in [-0.1, -0.05) is 17.7 Å². The standard InChI is InChI=1S/C11H15ClO2/c1-9-4-5-10(12)8-11(9)14-7-3-2-6-13/h4-5,8,13H,2-3,6-7H2,1H3. The third-order valence-electron chi connectivity index (χ3n) is 1.96. The Kier molecular flexibility index (Phi) is 4.77. The Morgan fingerprint density at radius 3 is 2.86 bits per heavy atom. The van der Waals surface area contributed by atoms with Gasteiger partial charge in [-0.2, -0.15) is 0 Å². The van der Waals surface area contributed by atoms with Crippen molar-refractivity contribution in [3.05, 3.63) is 28.8 Å². The second-order valence-electron chi connectivity index (χ2n) is 3.19. The normalized spacial score (nSPS) is 10.2. The number of aliphatic hydroxyl groups is 1. The molecule has 0 fully saturated rings. The molecule has 1 N–H and O–H groups in total.